The molecule has 1 saturated carbocycles. The number of hydrogen-bond donors (Lipinski definition) is 1. The Kier molecular flexibility index (Phi) is 6.01. The van der Waals surface area contributed by atoms with Crippen molar-refractivity contribution in [2.24, 2.45) is 11.8 Å². The third-order valence-electron chi connectivity index (χ3n) is 5.00. The van der Waals surface area contributed by atoms with Crippen LogP contribution in [0.25, 0.3) is 0 Å². The molecule has 1 saturated heterocycles. The third-order valence-corrected chi connectivity index (χ3v) is 6.16. The van der Waals surface area contributed by atoms with Gasteiger partial charge in [0.1, 0.15) is 0 Å². The normalized spacial score (nSPS) is 20.5. The first-order chi connectivity index (χ1) is 11.2. The Bertz CT molecular complexity index is 495. The van der Waals surface area contributed by atoms with Crippen molar-refractivity contribution in [1.82, 2.24) is 4.90 Å². The molecule has 0 unspecified atom stereocenters. The van der Waals surface area contributed by atoms with Crippen LogP contribution in [0.5, 0.6) is 0 Å². The van der Waals surface area contributed by atoms with Crippen molar-refractivity contribution >= 4 is 17.7 Å². The van der Waals surface area contributed by atoms with E-state index in [1.165, 1.54) is 18.4 Å². The number of thioether (sulfide) groups is 1. The van der Waals surface area contributed by atoms with Crippen LogP contribution in [0.3, 0.4) is 0 Å². The zero-order valence-corrected chi connectivity index (χ0v) is 14.5. The lowest BCUT2D eigenvalue weighted by Crippen LogP contribution is -2.42. The van der Waals surface area contributed by atoms with Crippen LogP contribution in [0.2, 0.25) is 0 Å². The van der Waals surface area contributed by atoms with Gasteiger partial charge in [0.05, 0.1) is 11.9 Å². The molecule has 1 atom stereocenters. The molecule has 1 heterocycles. The van der Waals surface area contributed by atoms with Gasteiger partial charge in [-0.15, -0.1) is 0 Å². The molecular weight excluding hydrogens is 306 g/mol. The van der Waals surface area contributed by atoms with E-state index in [4.69, 9.17) is 0 Å². The van der Waals surface area contributed by atoms with Gasteiger partial charge in [0.2, 0.25) is 5.91 Å². The van der Waals surface area contributed by atoms with Crippen molar-refractivity contribution in [1.29, 1.82) is 0 Å². The van der Waals surface area contributed by atoms with Crippen LogP contribution in [0.4, 0.5) is 0 Å². The summed E-state index contributed by atoms with van der Waals surface area (Å²) in [6.07, 6.45) is 4.98. The first-order valence-electron chi connectivity index (χ1n) is 8.80. The maximum atomic E-state index is 12.2. The smallest absolute Gasteiger partial charge is 0.232 e. The van der Waals surface area contributed by atoms with Gasteiger partial charge in [-0.1, -0.05) is 30.3 Å². The highest BCUT2D eigenvalue weighted by atomic mass is 32.2. The fourth-order valence-electron chi connectivity index (χ4n) is 3.24. The summed E-state index contributed by atoms with van der Waals surface area (Å²) in [5.74, 6) is 3.27. The maximum absolute atomic E-state index is 12.2. The van der Waals surface area contributed by atoms with Gasteiger partial charge in [-0.3, -0.25) is 4.79 Å². The van der Waals surface area contributed by atoms with Gasteiger partial charge in [-0.05, 0) is 55.3 Å². The van der Waals surface area contributed by atoms with Gasteiger partial charge >= 0.3 is 0 Å². The van der Waals surface area contributed by atoms with Crippen molar-refractivity contribution in [2.75, 3.05) is 24.6 Å². The van der Waals surface area contributed by atoms with Gasteiger partial charge in [-0.25, -0.2) is 0 Å². The molecule has 0 radical (unpaired) electrons. The molecule has 2 fully saturated rings. The predicted octanol–water partition coefficient (Wildman–Crippen LogP) is 2.97. The van der Waals surface area contributed by atoms with E-state index in [1.54, 1.807) is 11.8 Å². The Labute approximate surface area is 143 Å². The fourth-order valence-corrected chi connectivity index (χ4v) is 4.39. The standard InChI is InChI=1S/C19H27NO2S/c21-18(12-15-4-2-1-3-5-15)17-8-10-20(11-9-17)19(22)14-23-13-16-6-7-16/h1-5,16-18,21H,6-14H2/t18-/m0/s1. The number of aliphatic hydroxyl groups excluding tert-OH is 1. The molecule has 0 spiro atoms. The molecule has 0 bridgehead atoms. The summed E-state index contributed by atoms with van der Waals surface area (Å²) in [4.78, 5) is 14.2. The second-order valence-corrected chi connectivity index (χ2v) is 7.96. The zero-order valence-electron chi connectivity index (χ0n) is 13.7. The quantitative estimate of drug-likeness (QED) is 0.834. The molecule has 126 valence electrons. The van der Waals surface area contributed by atoms with Crippen LogP contribution in [0.1, 0.15) is 31.2 Å². The molecule has 1 amide bonds. The lowest BCUT2D eigenvalue weighted by Gasteiger charge is -2.34. The highest BCUT2D eigenvalue weighted by Crippen LogP contribution is 2.32. The van der Waals surface area contributed by atoms with E-state index in [0.717, 1.165) is 44.0 Å². The summed E-state index contributed by atoms with van der Waals surface area (Å²) in [6.45, 7) is 1.61. The van der Waals surface area contributed by atoms with Crippen LogP contribution in [-0.4, -0.2) is 46.6 Å². The average Bonchev–Trinajstić information content (AvgIpc) is 3.40. The van der Waals surface area contributed by atoms with Crippen molar-refractivity contribution < 1.29 is 9.90 Å². The monoisotopic (exact) mass is 333 g/mol. The summed E-state index contributed by atoms with van der Waals surface area (Å²) >= 11 is 1.79. The SMILES string of the molecule is O=C(CSCC1CC1)N1CCC([C@@H](O)Cc2ccccc2)CC1. The third kappa shape index (κ3) is 5.25. The van der Waals surface area contributed by atoms with Gasteiger partial charge in [-0.2, -0.15) is 11.8 Å². The van der Waals surface area contributed by atoms with Crippen LogP contribution < -0.4 is 0 Å². The van der Waals surface area contributed by atoms with E-state index in [2.05, 4.69) is 12.1 Å². The Morgan fingerprint density at radius 2 is 1.87 bits per heavy atom. The molecule has 1 aliphatic heterocycles. The molecule has 23 heavy (non-hydrogen) atoms. The lowest BCUT2D eigenvalue weighted by molar-refractivity contribution is -0.130. The Balaban J connectivity index is 1.37. The Morgan fingerprint density at radius 3 is 2.52 bits per heavy atom. The van der Waals surface area contributed by atoms with E-state index in [9.17, 15) is 9.90 Å². The van der Waals surface area contributed by atoms with Crippen LogP contribution in [0.15, 0.2) is 30.3 Å². The highest BCUT2D eigenvalue weighted by molar-refractivity contribution is 7.99. The van der Waals surface area contributed by atoms with Crippen molar-refractivity contribution in [3.63, 3.8) is 0 Å². The Hall–Kier alpha value is -1.00. The number of hydrogen-bond acceptors (Lipinski definition) is 3. The molecule has 2 aliphatic rings. The number of rotatable bonds is 7. The van der Waals surface area contributed by atoms with E-state index in [0.29, 0.717) is 11.7 Å². The number of benzene rings is 1. The number of piperidine rings is 1. The number of carbonyl (C=O) groups is 1. The summed E-state index contributed by atoms with van der Waals surface area (Å²) in [5, 5.41) is 10.5. The van der Waals surface area contributed by atoms with Crippen molar-refractivity contribution in [3.05, 3.63) is 35.9 Å². The molecule has 1 aromatic carbocycles. The van der Waals surface area contributed by atoms with E-state index >= 15 is 0 Å². The number of carbonyl (C=O) groups excluding carboxylic acids is 1. The number of amides is 1. The Morgan fingerprint density at radius 1 is 1.17 bits per heavy atom. The molecule has 3 nitrogen and oxygen atoms in total. The largest absolute Gasteiger partial charge is 0.392 e. The molecular formula is C19H27NO2S. The topological polar surface area (TPSA) is 40.5 Å². The second-order valence-electron chi connectivity index (χ2n) is 6.93. The minimum Gasteiger partial charge on any atom is -0.392 e. The minimum absolute atomic E-state index is 0.284. The van der Waals surface area contributed by atoms with Gasteiger partial charge in [0, 0.05) is 13.1 Å². The highest BCUT2D eigenvalue weighted by Gasteiger charge is 2.28. The van der Waals surface area contributed by atoms with Gasteiger partial charge in [0.25, 0.3) is 0 Å². The van der Waals surface area contributed by atoms with Crippen LogP contribution in [0, 0.1) is 11.8 Å². The predicted molar refractivity (Wildman–Crippen MR) is 95.5 cm³/mol. The summed E-state index contributed by atoms with van der Waals surface area (Å²) < 4.78 is 0. The van der Waals surface area contributed by atoms with Gasteiger partial charge in [0.15, 0.2) is 0 Å². The van der Waals surface area contributed by atoms with E-state index in [-0.39, 0.29) is 12.0 Å². The van der Waals surface area contributed by atoms with E-state index in [1.807, 2.05) is 23.1 Å². The zero-order chi connectivity index (χ0) is 16.1. The first kappa shape index (κ1) is 16.8. The van der Waals surface area contributed by atoms with Gasteiger partial charge < -0.3 is 10.0 Å². The molecule has 1 aliphatic carbocycles. The number of nitrogens with zero attached hydrogens (tertiary/aromatic N) is 1. The maximum Gasteiger partial charge on any atom is 0.232 e. The molecule has 3 rings (SSSR count). The van der Waals surface area contributed by atoms with Crippen LogP contribution in [-0.2, 0) is 11.2 Å². The lowest BCUT2D eigenvalue weighted by atomic mass is 9.88. The average molecular weight is 333 g/mol. The van der Waals surface area contributed by atoms with Crippen LogP contribution >= 0.6 is 11.8 Å². The molecule has 1 N–H and O–H groups in total. The van der Waals surface area contributed by atoms with Crippen molar-refractivity contribution in [3.8, 4) is 0 Å². The minimum atomic E-state index is -0.293. The number of likely N-dealkylation sites (tertiary alicyclic amines) is 1. The molecule has 1 aromatic rings. The van der Waals surface area contributed by atoms with E-state index < -0.39 is 0 Å². The van der Waals surface area contributed by atoms with Crippen molar-refractivity contribution in [2.45, 2.75) is 38.2 Å². The first-order valence-corrected chi connectivity index (χ1v) is 9.95. The summed E-state index contributed by atoms with van der Waals surface area (Å²) in [7, 11) is 0. The fraction of sp³-hybridized carbons (Fsp3) is 0.632. The molecule has 4 heteroatoms. The number of aliphatic hydroxyl groups is 1. The second kappa shape index (κ2) is 8.20. The summed E-state index contributed by atoms with van der Waals surface area (Å²) in [6, 6.07) is 10.2. The molecule has 0 aromatic heterocycles. The summed E-state index contributed by atoms with van der Waals surface area (Å²) in [5.41, 5.74) is 1.19.